The average Bonchev–Trinajstić information content (AvgIpc) is 3.05. The lowest BCUT2D eigenvalue weighted by Crippen LogP contribution is -2.31. The zero-order valence-corrected chi connectivity index (χ0v) is 18.2. The number of imide groups is 1. The Morgan fingerprint density at radius 1 is 1.00 bits per heavy atom. The number of anilines is 2. The van der Waals surface area contributed by atoms with Crippen LogP contribution in [0.25, 0.3) is 0 Å². The van der Waals surface area contributed by atoms with Crippen LogP contribution in [-0.4, -0.2) is 30.3 Å². The van der Waals surface area contributed by atoms with Gasteiger partial charge in [-0.2, -0.15) is 0 Å². The number of carbonyl (C=O) groups is 4. The van der Waals surface area contributed by atoms with Gasteiger partial charge in [0, 0.05) is 5.69 Å². The summed E-state index contributed by atoms with van der Waals surface area (Å²) in [5.74, 6) is -2.06. The summed E-state index contributed by atoms with van der Waals surface area (Å²) >= 11 is 0. The van der Waals surface area contributed by atoms with Crippen molar-refractivity contribution in [1.82, 2.24) is 0 Å². The zero-order valence-electron chi connectivity index (χ0n) is 18.2. The van der Waals surface area contributed by atoms with Crippen LogP contribution in [0.5, 0.6) is 0 Å². The summed E-state index contributed by atoms with van der Waals surface area (Å²) in [6.45, 7) is 3.41. The topological polar surface area (TPSA) is 92.8 Å². The van der Waals surface area contributed by atoms with E-state index in [1.807, 2.05) is 26.0 Å². The van der Waals surface area contributed by atoms with Crippen molar-refractivity contribution >= 4 is 35.1 Å². The van der Waals surface area contributed by atoms with E-state index in [0.29, 0.717) is 11.4 Å². The normalized spacial score (nSPS) is 20.1. The number of fused-ring (bicyclic) bond motifs is 1. The molecule has 7 heteroatoms. The van der Waals surface area contributed by atoms with Gasteiger partial charge in [-0.25, -0.2) is 4.79 Å². The van der Waals surface area contributed by atoms with Crippen molar-refractivity contribution in [3.63, 3.8) is 0 Å². The van der Waals surface area contributed by atoms with Gasteiger partial charge >= 0.3 is 5.97 Å². The molecule has 1 N–H and O–H groups in total. The first kappa shape index (κ1) is 21.7. The van der Waals surface area contributed by atoms with E-state index >= 15 is 0 Å². The largest absolute Gasteiger partial charge is 0.452 e. The molecule has 2 fully saturated rings. The summed E-state index contributed by atoms with van der Waals surface area (Å²) in [6.07, 6.45) is 3.35. The number of rotatable bonds is 5. The number of amides is 3. The molecule has 2 aromatic carbocycles. The predicted octanol–water partition coefficient (Wildman–Crippen LogP) is 3.78. The second kappa shape index (κ2) is 8.94. The highest BCUT2D eigenvalue weighted by Gasteiger charge is 2.48. The van der Waals surface area contributed by atoms with Crippen molar-refractivity contribution in [3.8, 4) is 0 Å². The van der Waals surface area contributed by atoms with E-state index in [4.69, 9.17) is 4.74 Å². The number of nitrogens with one attached hydrogen (secondary N) is 1. The Labute approximate surface area is 186 Å². The third-order valence-corrected chi connectivity index (χ3v) is 6.39. The lowest BCUT2D eigenvalue weighted by atomic mass is 9.81. The van der Waals surface area contributed by atoms with Crippen molar-refractivity contribution in [2.24, 2.45) is 11.8 Å². The molecule has 7 nitrogen and oxygen atoms in total. The summed E-state index contributed by atoms with van der Waals surface area (Å²) in [7, 11) is 0. The molecule has 2 aromatic rings. The SMILES string of the molecule is Cc1cccc(NC(=O)COC(=O)c2cccc(N3C(=O)[C@H]4CCCC[C@@H]4C3=O)c2)c1C. The van der Waals surface area contributed by atoms with Crippen LogP contribution in [0.1, 0.15) is 47.2 Å². The van der Waals surface area contributed by atoms with Gasteiger partial charge in [0.2, 0.25) is 11.8 Å². The van der Waals surface area contributed by atoms with Crippen LogP contribution < -0.4 is 10.2 Å². The molecule has 0 aromatic heterocycles. The summed E-state index contributed by atoms with van der Waals surface area (Å²) in [6, 6.07) is 11.8. The van der Waals surface area contributed by atoms with E-state index in [9.17, 15) is 19.2 Å². The molecule has 4 rings (SSSR count). The molecular weight excluding hydrogens is 408 g/mol. The molecule has 1 aliphatic carbocycles. The van der Waals surface area contributed by atoms with Crippen LogP contribution in [-0.2, 0) is 19.1 Å². The predicted molar refractivity (Wildman–Crippen MR) is 119 cm³/mol. The number of hydrogen-bond donors (Lipinski definition) is 1. The maximum atomic E-state index is 12.8. The maximum absolute atomic E-state index is 12.8. The molecule has 1 saturated carbocycles. The molecule has 0 unspecified atom stereocenters. The quantitative estimate of drug-likeness (QED) is 0.571. The van der Waals surface area contributed by atoms with Crippen LogP contribution in [0.15, 0.2) is 42.5 Å². The molecule has 1 heterocycles. The Bertz CT molecular complexity index is 1070. The Balaban J connectivity index is 1.41. The number of benzene rings is 2. The molecule has 1 aliphatic heterocycles. The van der Waals surface area contributed by atoms with Gasteiger partial charge in [-0.1, -0.05) is 31.0 Å². The van der Waals surface area contributed by atoms with Crippen molar-refractivity contribution in [2.45, 2.75) is 39.5 Å². The van der Waals surface area contributed by atoms with Crippen molar-refractivity contribution in [2.75, 3.05) is 16.8 Å². The Hall–Kier alpha value is -3.48. The molecule has 32 heavy (non-hydrogen) atoms. The Morgan fingerprint density at radius 3 is 2.34 bits per heavy atom. The first-order valence-corrected chi connectivity index (χ1v) is 10.9. The van der Waals surface area contributed by atoms with Crippen LogP contribution in [0.4, 0.5) is 11.4 Å². The number of ether oxygens (including phenoxy) is 1. The van der Waals surface area contributed by atoms with Crippen LogP contribution >= 0.6 is 0 Å². The molecular formula is C25H26N2O5. The highest BCUT2D eigenvalue weighted by molar-refractivity contribution is 6.22. The van der Waals surface area contributed by atoms with Crippen molar-refractivity contribution in [1.29, 1.82) is 0 Å². The fourth-order valence-corrected chi connectivity index (χ4v) is 4.48. The van der Waals surface area contributed by atoms with Gasteiger partial charge < -0.3 is 10.1 Å². The molecule has 0 spiro atoms. The van der Waals surface area contributed by atoms with E-state index in [-0.39, 0.29) is 29.2 Å². The minimum atomic E-state index is -0.695. The Morgan fingerprint density at radius 2 is 1.66 bits per heavy atom. The van der Waals surface area contributed by atoms with E-state index in [2.05, 4.69) is 5.32 Å². The van der Waals surface area contributed by atoms with E-state index in [1.54, 1.807) is 18.2 Å². The van der Waals surface area contributed by atoms with Gasteiger partial charge in [0.25, 0.3) is 5.91 Å². The molecule has 0 radical (unpaired) electrons. The lowest BCUT2D eigenvalue weighted by molar-refractivity contribution is -0.122. The fraction of sp³-hybridized carbons (Fsp3) is 0.360. The second-order valence-electron chi connectivity index (χ2n) is 8.43. The van der Waals surface area contributed by atoms with Crippen LogP contribution in [0, 0.1) is 25.7 Å². The van der Waals surface area contributed by atoms with Gasteiger partial charge in [-0.15, -0.1) is 0 Å². The van der Waals surface area contributed by atoms with Gasteiger partial charge in [-0.3, -0.25) is 19.3 Å². The highest BCUT2D eigenvalue weighted by atomic mass is 16.5. The Kier molecular flexibility index (Phi) is 6.08. The first-order valence-electron chi connectivity index (χ1n) is 10.9. The molecule has 2 atom stereocenters. The minimum absolute atomic E-state index is 0.178. The van der Waals surface area contributed by atoms with E-state index in [1.165, 1.54) is 17.0 Å². The summed E-state index contributed by atoms with van der Waals surface area (Å²) in [5, 5.41) is 2.74. The molecule has 1 saturated heterocycles. The molecule has 166 valence electrons. The lowest BCUT2D eigenvalue weighted by Gasteiger charge is -2.19. The summed E-state index contributed by atoms with van der Waals surface area (Å²) in [4.78, 5) is 51.6. The summed E-state index contributed by atoms with van der Waals surface area (Å²) in [5.41, 5.74) is 3.20. The van der Waals surface area contributed by atoms with Gasteiger partial charge in [0.05, 0.1) is 23.1 Å². The fourth-order valence-electron chi connectivity index (χ4n) is 4.48. The standard InChI is InChI=1S/C25H26N2O5/c1-15-7-5-12-21(16(15)2)26-22(28)14-32-25(31)17-8-6-9-18(13-17)27-23(29)19-10-3-4-11-20(19)24(27)30/h5-9,12-13,19-20H,3-4,10-11,14H2,1-2H3,(H,26,28)/t19-,20-/m0/s1. The van der Waals surface area contributed by atoms with E-state index < -0.39 is 18.5 Å². The average molecular weight is 434 g/mol. The van der Waals surface area contributed by atoms with Crippen molar-refractivity contribution in [3.05, 3.63) is 59.2 Å². The van der Waals surface area contributed by atoms with Gasteiger partial charge in [0.15, 0.2) is 6.61 Å². The molecule has 3 amide bonds. The van der Waals surface area contributed by atoms with Crippen LogP contribution in [0.3, 0.4) is 0 Å². The monoisotopic (exact) mass is 434 g/mol. The molecule has 0 bridgehead atoms. The number of carbonyl (C=O) groups excluding carboxylic acids is 4. The van der Waals surface area contributed by atoms with Gasteiger partial charge in [-0.05, 0) is 62.1 Å². The van der Waals surface area contributed by atoms with Crippen molar-refractivity contribution < 1.29 is 23.9 Å². The third-order valence-electron chi connectivity index (χ3n) is 6.39. The zero-order chi connectivity index (χ0) is 22.8. The molecule has 2 aliphatic rings. The smallest absolute Gasteiger partial charge is 0.338 e. The number of esters is 1. The maximum Gasteiger partial charge on any atom is 0.338 e. The second-order valence-corrected chi connectivity index (χ2v) is 8.43. The van der Waals surface area contributed by atoms with Crippen LogP contribution in [0.2, 0.25) is 0 Å². The number of aryl methyl sites for hydroxylation is 1. The van der Waals surface area contributed by atoms with E-state index in [0.717, 1.165) is 36.8 Å². The number of hydrogen-bond acceptors (Lipinski definition) is 5. The highest BCUT2D eigenvalue weighted by Crippen LogP contribution is 2.40. The first-order chi connectivity index (χ1) is 15.4. The van der Waals surface area contributed by atoms with Gasteiger partial charge in [0.1, 0.15) is 0 Å². The third kappa shape index (κ3) is 4.15. The minimum Gasteiger partial charge on any atom is -0.452 e. The number of nitrogens with zero attached hydrogens (tertiary/aromatic N) is 1. The summed E-state index contributed by atoms with van der Waals surface area (Å²) < 4.78 is 5.16.